The molecule has 0 aliphatic carbocycles. The number of nitrogens with zero attached hydrogens (tertiary/aromatic N) is 4. The van der Waals surface area contributed by atoms with Crippen molar-refractivity contribution in [1.29, 1.82) is 0 Å². The zero-order valence-electron chi connectivity index (χ0n) is 16.0. The molecule has 4 aromatic rings. The Hall–Kier alpha value is -3.33. The molecular weight excluding hydrogens is 390 g/mol. The molecule has 1 N–H and O–H groups in total. The molecule has 0 radical (unpaired) electrons. The van der Waals surface area contributed by atoms with Gasteiger partial charge >= 0.3 is 0 Å². The topological polar surface area (TPSA) is 99.0 Å². The van der Waals surface area contributed by atoms with Crippen LogP contribution in [0.2, 0.25) is 0 Å². The third kappa shape index (κ3) is 4.40. The zero-order chi connectivity index (χ0) is 20.2. The van der Waals surface area contributed by atoms with Gasteiger partial charge in [-0.3, -0.25) is 14.7 Å². The summed E-state index contributed by atoms with van der Waals surface area (Å²) in [5.41, 5.74) is 2.78. The van der Waals surface area contributed by atoms with Gasteiger partial charge in [-0.2, -0.15) is 0 Å². The van der Waals surface area contributed by atoms with Gasteiger partial charge in [-0.1, -0.05) is 41.2 Å². The third-order valence-corrected chi connectivity index (χ3v) is 5.19. The Kier molecular flexibility index (Phi) is 5.48. The number of amides is 1. The monoisotopic (exact) mass is 409 g/mol. The highest BCUT2D eigenvalue weighted by Crippen LogP contribution is 2.27. The maximum absolute atomic E-state index is 12.3. The van der Waals surface area contributed by atoms with Gasteiger partial charge in [0.15, 0.2) is 11.0 Å². The van der Waals surface area contributed by atoms with Gasteiger partial charge in [0.2, 0.25) is 11.8 Å². The van der Waals surface area contributed by atoms with Crippen molar-refractivity contribution in [3.05, 3.63) is 65.7 Å². The molecule has 9 heteroatoms. The fraction of sp³-hybridized carbons (Fsp3) is 0.200. The lowest BCUT2D eigenvalue weighted by Crippen LogP contribution is -2.14. The van der Waals surface area contributed by atoms with E-state index < -0.39 is 0 Å². The van der Waals surface area contributed by atoms with Crippen molar-refractivity contribution in [2.75, 3.05) is 11.1 Å². The fourth-order valence-corrected chi connectivity index (χ4v) is 3.58. The molecule has 148 valence electrons. The second kappa shape index (κ2) is 8.36. The van der Waals surface area contributed by atoms with Crippen LogP contribution < -0.4 is 5.32 Å². The van der Waals surface area contributed by atoms with Crippen molar-refractivity contribution >= 4 is 23.6 Å². The lowest BCUT2D eigenvalue weighted by Gasteiger charge is -2.10. The van der Waals surface area contributed by atoms with E-state index in [-0.39, 0.29) is 11.7 Å². The minimum absolute atomic E-state index is 0.157. The number of furan rings is 1. The molecule has 0 aliphatic rings. The standard InChI is InChI=1S/C20H19N5O3S/c1-13-6-3-4-8-16(13)19-22-23-20(25(19)11-15-7-5-9-27-15)29-12-17(26)21-18-10-14(2)24-28-18/h3-10H,11-12H2,1-2H3,(H,21,26). The predicted octanol–water partition coefficient (Wildman–Crippen LogP) is 3.92. The molecule has 3 heterocycles. The van der Waals surface area contributed by atoms with Crippen LogP contribution in [0.4, 0.5) is 5.88 Å². The van der Waals surface area contributed by atoms with Crippen molar-refractivity contribution in [3.63, 3.8) is 0 Å². The molecule has 3 aromatic heterocycles. The van der Waals surface area contributed by atoms with Crippen molar-refractivity contribution in [1.82, 2.24) is 19.9 Å². The molecule has 4 rings (SSSR count). The first kappa shape index (κ1) is 19.0. The summed E-state index contributed by atoms with van der Waals surface area (Å²) in [6.07, 6.45) is 1.63. The minimum Gasteiger partial charge on any atom is -0.467 e. The number of rotatable bonds is 7. The molecule has 0 saturated heterocycles. The summed E-state index contributed by atoms with van der Waals surface area (Å²) < 4.78 is 12.5. The molecule has 29 heavy (non-hydrogen) atoms. The Morgan fingerprint density at radius 2 is 2.03 bits per heavy atom. The normalized spacial score (nSPS) is 11.0. The first-order chi connectivity index (χ1) is 14.1. The quantitative estimate of drug-likeness (QED) is 0.462. The van der Waals surface area contributed by atoms with Crippen molar-refractivity contribution < 1.29 is 13.7 Å². The second-order valence-electron chi connectivity index (χ2n) is 6.46. The maximum atomic E-state index is 12.3. The number of benzene rings is 1. The number of nitrogens with one attached hydrogen (secondary N) is 1. The average molecular weight is 409 g/mol. The molecule has 0 aliphatic heterocycles. The number of aromatic nitrogens is 4. The number of carbonyl (C=O) groups excluding carboxylic acids is 1. The molecule has 1 amide bonds. The summed E-state index contributed by atoms with van der Waals surface area (Å²) >= 11 is 1.30. The molecular formula is C20H19N5O3S. The highest BCUT2D eigenvalue weighted by atomic mass is 32.2. The fourth-order valence-electron chi connectivity index (χ4n) is 2.85. The van der Waals surface area contributed by atoms with E-state index >= 15 is 0 Å². The highest BCUT2D eigenvalue weighted by Gasteiger charge is 2.18. The van der Waals surface area contributed by atoms with Gasteiger partial charge in [0, 0.05) is 11.6 Å². The van der Waals surface area contributed by atoms with Crippen LogP contribution in [0.3, 0.4) is 0 Å². The van der Waals surface area contributed by atoms with Gasteiger partial charge in [0.05, 0.1) is 24.3 Å². The van der Waals surface area contributed by atoms with E-state index in [1.807, 2.05) is 47.9 Å². The van der Waals surface area contributed by atoms with Gasteiger partial charge in [0.1, 0.15) is 5.76 Å². The molecule has 0 unspecified atom stereocenters. The smallest absolute Gasteiger partial charge is 0.237 e. The number of hydrogen-bond donors (Lipinski definition) is 1. The summed E-state index contributed by atoms with van der Waals surface area (Å²) in [4.78, 5) is 12.3. The Balaban J connectivity index is 1.56. The van der Waals surface area contributed by atoms with Gasteiger partial charge < -0.3 is 8.94 Å². The van der Waals surface area contributed by atoms with Crippen LogP contribution in [0.5, 0.6) is 0 Å². The Morgan fingerprint density at radius 3 is 2.76 bits per heavy atom. The zero-order valence-corrected chi connectivity index (χ0v) is 16.8. The number of carbonyl (C=O) groups is 1. The largest absolute Gasteiger partial charge is 0.467 e. The van der Waals surface area contributed by atoms with Crippen molar-refractivity contribution in [2.24, 2.45) is 0 Å². The van der Waals surface area contributed by atoms with Crippen molar-refractivity contribution in [2.45, 2.75) is 25.5 Å². The summed E-state index contributed by atoms with van der Waals surface area (Å²) in [6.45, 7) is 4.29. The number of thioether (sulfide) groups is 1. The summed E-state index contributed by atoms with van der Waals surface area (Å²) in [6, 6.07) is 13.4. The maximum Gasteiger partial charge on any atom is 0.237 e. The molecule has 0 bridgehead atoms. The summed E-state index contributed by atoms with van der Waals surface area (Å²) in [7, 11) is 0. The van der Waals surface area contributed by atoms with E-state index in [2.05, 4.69) is 20.7 Å². The Bertz CT molecular complexity index is 1120. The lowest BCUT2D eigenvalue weighted by molar-refractivity contribution is -0.113. The van der Waals surface area contributed by atoms with Crippen LogP contribution in [-0.4, -0.2) is 31.6 Å². The molecule has 0 saturated carbocycles. The number of anilines is 1. The highest BCUT2D eigenvalue weighted by molar-refractivity contribution is 7.99. The Morgan fingerprint density at radius 1 is 1.17 bits per heavy atom. The first-order valence-electron chi connectivity index (χ1n) is 8.97. The predicted molar refractivity (Wildman–Crippen MR) is 109 cm³/mol. The van der Waals surface area contributed by atoms with Gasteiger partial charge in [-0.25, -0.2) is 0 Å². The van der Waals surface area contributed by atoms with E-state index in [1.54, 1.807) is 19.3 Å². The van der Waals surface area contributed by atoms with E-state index in [4.69, 9.17) is 8.94 Å². The average Bonchev–Trinajstić information content (AvgIpc) is 3.44. The molecule has 0 spiro atoms. The van der Waals surface area contributed by atoms with Crippen LogP contribution in [0.1, 0.15) is 17.0 Å². The van der Waals surface area contributed by atoms with Crippen LogP contribution >= 0.6 is 11.8 Å². The van der Waals surface area contributed by atoms with E-state index in [0.29, 0.717) is 23.3 Å². The van der Waals surface area contributed by atoms with Crippen LogP contribution in [0.15, 0.2) is 62.8 Å². The summed E-state index contributed by atoms with van der Waals surface area (Å²) in [5.74, 6) is 1.78. The van der Waals surface area contributed by atoms with Crippen molar-refractivity contribution in [3.8, 4) is 11.4 Å². The number of hydrogen-bond acceptors (Lipinski definition) is 7. The minimum atomic E-state index is -0.212. The molecule has 8 nitrogen and oxygen atoms in total. The van der Waals surface area contributed by atoms with Crippen LogP contribution in [0, 0.1) is 13.8 Å². The number of aryl methyl sites for hydroxylation is 2. The molecule has 0 fully saturated rings. The second-order valence-corrected chi connectivity index (χ2v) is 7.40. The van der Waals surface area contributed by atoms with Gasteiger partial charge in [0.25, 0.3) is 0 Å². The third-order valence-electron chi connectivity index (χ3n) is 4.22. The Labute approximate surface area is 171 Å². The van der Waals surface area contributed by atoms with Crippen LogP contribution in [-0.2, 0) is 11.3 Å². The molecule has 0 atom stereocenters. The van der Waals surface area contributed by atoms with Gasteiger partial charge in [-0.15, -0.1) is 10.2 Å². The SMILES string of the molecule is Cc1cc(NC(=O)CSc2nnc(-c3ccccc3C)n2Cc2ccco2)on1. The van der Waals surface area contributed by atoms with E-state index in [1.165, 1.54) is 11.8 Å². The molecule has 1 aromatic carbocycles. The van der Waals surface area contributed by atoms with Crippen LogP contribution in [0.25, 0.3) is 11.4 Å². The first-order valence-corrected chi connectivity index (χ1v) is 9.96. The lowest BCUT2D eigenvalue weighted by atomic mass is 10.1. The van der Waals surface area contributed by atoms with Gasteiger partial charge in [-0.05, 0) is 31.5 Å². The summed E-state index contributed by atoms with van der Waals surface area (Å²) in [5, 5.41) is 15.8. The van der Waals surface area contributed by atoms with E-state index in [9.17, 15) is 4.79 Å². The van der Waals surface area contributed by atoms with E-state index in [0.717, 1.165) is 22.7 Å².